The number of nitrogens with one attached hydrogen (secondary N) is 1. The zero-order valence-electron chi connectivity index (χ0n) is 9.87. The molecule has 0 atom stereocenters. The summed E-state index contributed by atoms with van der Waals surface area (Å²) in [6, 6.07) is 1.61. The van der Waals surface area contributed by atoms with E-state index in [4.69, 9.17) is 5.73 Å². The molecule has 0 radical (unpaired) electrons. The highest BCUT2D eigenvalue weighted by atomic mass is 79.9. The van der Waals surface area contributed by atoms with E-state index in [1.54, 1.807) is 19.9 Å². The molecule has 0 aromatic carbocycles. The Kier molecular flexibility index (Phi) is 3.44. The normalized spacial score (nSPS) is 12.6. The number of rotatable bonds is 3. The highest BCUT2D eigenvalue weighted by Crippen LogP contribution is 2.25. The lowest BCUT2D eigenvalue weighted by Gasteiger charge is -2.37. The molecular weight excluding hydrogens is 272 g/mol. The van der Waals surface area contributed by atoms with Crippen molar-refractivity contribution in [3.05, 3.63) is 10.7 Å². The number of aromatic nitrogens is 2. The number of anilines is 2. The monoisotopic (exact) mass is 288 g/mol. The molecule has 4 N–H and O–H groups in total. The topological polar surface area (TPSA) is 84.1 Å². The molecule has 0 aliphatic heterocycles. The molecule has 0 aliphatic rings. The van der Waals surface area contributed by atoms with Gasteiger partial charge in [0.2, 0.25) is 5.95 Å². The van der Waals surface area contributed by atoms with E-state index in [0.29, 0.717) is 16.4 Å². The second kappa shape index (κ2) is 4.18. The second-order valence-corrected chi connectivity index (χ2v) is 5.56. The number of halogens is 1. The van der Waals surface area contributed by atoms with Gasteiger partial charge < -0.3 is 16.2 Å². The molecule has 6 heteroatoms. The Balaban J connectivity index is 2.96. The smallest absolute Gasteiger partial charge is 0.226 e. The maximum atomic E-state index is 9.98. The summed E-state index contributed by atoms with van der Waals surface area (Å²) in [6.07, 6.45) is 0. The van der Waals surface area contributed by atoms with Crippen LogP contribution in [0.25, 0.3) is 0 Å². The van der Waals surface area contributed by atoms with Gasteiger partial charge in [-0.3, -0.25) is 0 Å². The van der Waals surface area contributed by atoms with E-state index in [1.165, 1.54) is 0 Å². The van der Waals surface area contributed by atoms with E-state index in [2.05, 4.69) is 31.2 Å². The third kappa shape index (κ3) is 3.05. The number of hydrogen-bond acceptors (Lipinski definition) is 5. The first-order chi connectivity index (χ1) is 7.12. The Bertz CT molecular complexity index is 367. The molecule has 0 spiro atoms. The van der Waals surface area contributed by atoms with Crippen LogP contribution in [0.2, 0.25) is 0 Å². The van der Waals surface area contributed by atoms with Gasteiger partial charge in [0, 0.05) is 6.07 Å². The van der Waals surface area contributed by atoms with Crippen molar-refractivity contribution in [2.75, 3.05) is 11.1 Å². The summed E-state index contributed by atoms with van der Waals surface area (Å²) < 4.78 is 0.606. The molecule has 90 valence electrons. The average molecular weight is 289 g/mol. The first kappa shape index (κ1) is 13.2. The Morgan fingerprint density at radius 2 is 1.88 bits per heavy atom. The summed E-state index contributed by atoms with van der Waals surface area (Å²) in [5.74, 6) is 0.759. The summed E-state index contributed by atoms with van der Waals surface area (Å²) >= 11 is 3.24. The SMILES string of the molecule is CC(C)(O)C(C)(C)Nc1nc(N)cc(Br)n1. The van der Waals surface area contributed by atoms with Crippen molar-refractivity contribution in [3.63, 3.8) is 0 Å². The quantitative estimate of drug-likeness (QED) is 0.739. The van der Waals surface area contributed by atoms with Crippen molar-refractivity contribution in [3.8, 4) is 0 Å². The molecule has 1 aromatic rings. The lowest BCUT2D eigenvalue weighted by molar-refractivity contribution is 0.0237. The van der Waals surface area contributed by atoms with Gasteiger partial charge in [0.05, 0.1) is 11.1 Å². The lowest BCUT2D eigenvalue weighted by Crippen LogP contribution is -2.51. The lowest BCUT2D eigenvalue weighted by atomic mass is 9.86. The minimum absolute atomic E-state index is 0.371. The van der Waals surface area contributed by atoms with Gasteiger partial charge in [-0.1, -0.05) is 0 Å². The third-order valence-corrected chi connectivity index (χ3v) is 3.07. The molecule has 0 saturated carbocycles. The predicted octanol–water partition coefficient (Wildman–Crippen LogP) is 1.78. The molecule has 0 unspecified atom stereocenters. The molecule has 5 nitrogen and oxygen atoms in total. The highest BCUT2D eigenvalue weighted by molar-refractivity contribution is 9.10. The summed E-state index contributed by atoms with van der Waals surface area (Å²) in [7, 11) is 0. The van der Waals surface area contributed by atoms with E-state index < -0.39 is 11.1 Å². The van der Waals surface area contributed by atoms with Crippen LogP contribution < -0.4 is 11.1 Å². The zero-order chi connectivity index (χ0) is 12.6. The van der Waals surface area contributed by atoms with Crippen LogP contribution in [-0.4, -0.2) is 26.2 Å². The molecule has 0 saturated heterocycles. The number of nitrogen functional groups attached to an aromatic ring is 1. The fourth-order valence-corrected chi connectivity index (χ4v) is 1.33. The average Bonchev–Trinajstić information content (AvgIpc) is 1.97. The standard InChI is InChI=1S/C10H17BrN4O/c1-9(2,10(3,4)16)15-8-13-6(11)5-7(12)14-8/h5,16H,1-4H3,(H3,12,13,14,15). The maximum Gasteiger partial charge on any atom is 0.226 e. The maximum absolute atomic E-state index is 9.98. The zero-order valence-corrected chi connectivity index (χ0v) is 11.5. The van der Waals surface area contributed by atoms with Gasteiger partial charge in [-0.25, -0.2) is 4.98 Å². The second-order valence-electron chi connectivity index (χ2n) is 4.75. The highest BCUT2D eigenvalue weighted by Gasteiger charge is 2.35. The van der Waals surface area contributed by atoms with Crippen molar-refractivity contribution in [2.24, 2.45) is 0 Å². The minimum Gasteiger partial charge on any atom is -0.388 e. The van der Waals surface area contributed by atoms with Gasteiger partial charge in [-0.05, 0) is 43.6 Å². The van der Waals surface area contributed by atoms with E-state index in [0.717, 1.165) is 0 Å². The number of nitrogens with zero attached hydrogens (tertiary/aromatic N) is 2. The summed E-state index contributed by atoms with van der Waals surface area (Å²) in [4.78, 5) is 8.18. The van der Waals surface area contributed by atoms with Crippen molar-refractivity contribution in [2.45, 2.75) is 38.8 Å². The fourth-order valence-electron chi connectivity index (χ4n) is 0.923. The van der Waals surface area contributed by atoms with Crippen molar-refractivity contribution in [1.82, 2.24) is 9.97 Å². The van der Waals surface area contributed by atoms with Crippen LogP contribution in [0.3, 0.4) is 0 Å². The van der Waals surface area contributed by atoms with Crippen molar-refractivity contribution < 1.29 is 5.11 Å². The van der Waals surface area contributed by atoms with Gasteiger partial charge in [-0.2, -0.15) is 4.98 Å². The Hall–Kier alpha value is -0.880. The summed E-state index contributed by atoms with van der Waals surface area (Å²) in [5, 5.41) is 13.0. The first-order valence-corrected chi connectivity index (χ1v) is 5.72. The largest absolute Gasteiger partial charge is 0.388 e. The van der Waals surface area contributed by atoms with Gasteiger partial charge in [0.1, 0.15) is 10.4 Å². The molecule has 0 aliphatic carbocycles. The van der Waals surface area contributed by atoms with E-state index in [1.807, 2.05) is 13.8 Å². The van der Waals surface area contributed by atoms with Crippen LogP contribution in [0, 0.1) is 0 Å². The van der Waals surface area contributed by atoms with Crippen LogP contribution >= 0.6 is 15.9 Å². The van der Waals surface area contributed by atoms with Crippen LogP contribution in [0.15, 0.2) is 10.7 Å². The number of hydrogen-bond donors (Lipinski definition) is 3. The van der Waals surface area contributed by atoms with Crippen LogP contribution in [0.4, 0.5) is 11.8 Å². The fraction of sp³-hybridized carbons (Fsp3) is 0.600. The predicted molar refractivity (Wildman–Crippen MR) is 68.1 cm³/mol. The van der Waals surface area contributed by atoms with Gasteiger partial charge in [-0.15, -0.1) is 0 Å². The van der Waals surface area contributed by atoms with Gasteiger partial charge in [0.15, 0.2) is 0 Å². The Labute approximate surface area is 104 Å². The van der Waals surface area contributed by atoms with Crippen molar-refractivity contribution in [1.29, 1.82) is 0 Å². The molecule has 1 heterocycles. The molecule has 1 rings (SSSR count). The van der Waals surface area contributed by atoms with E-state index in [-0.39, 0.29) is 0 Å². The van der Waals surface area contributed by atoms with Gasteiger partial charge in [0.25, 0.3) is 0 Å². The van der Waals surface area contributed by atoms with Gasteiger partial charge >= 0.3 is 0 Å². The first-order valence-electron chi connectivity index (χ1n) is 4.92. The summed E-state index contributed by atoms with van der Waals surface area (Å²) in [6.45, 7) is 7.18. The third-order valence-electron chi connectivity index (χ3n) is 2.67. The van der Waals surface area contributed by atoms with Crippen molar-refractivity contribution >= 4 is 27.7 Å². The Morgan fingerprint density at radius 1 is 1.31 bits per heavy atom. The van der Waals surface area contributed by atoms with Crippen LogP contribution in [0.5, 0.6) is 0 Å². The molecule has 16 heavy (non-hydrogen) atoms. The Morgan fingerprint density at radius 3 is 2.31 bits per heavy atom. The van der Waals surface area contributed by atoms with E-state index >= 15 is 0 Å². The van der Waals surface area contributed by atoms with E-state index in [9.17, 15) is 5.11 Å². The van der Waals surface area contributed by atoms with Crippen LogP contribution in [0.1, 0.15) is 27.7 Å². The molecule has 0 bridgehead atoms. The molecular formula is C10H17BrN4O. The molecule has 0 fully saturated rings. The molecule has 1 aromatic heterocycles. The number of aliphatic hydroxyl groups is 1. The minimum atomic E-state index is -0.909. The van der Waals surface area contributed by atoms with Crippen LogP contribution in [-0.2, 0) is 0 Å². The summed E-state index contributed by atoms with van der Waals surface area (Å²) in [5.41, 5.74) is 4.13. The number of nitrogens with two attached hydrogens (primary N) is 1. The molecule has 0 amide bonds.